The van der Waals surface area contributed by atoms with Crippen LogP contribution in [0.5, 0.6) is 0 Å². The number of aryl methyl sites for hydroxylation is 2. The summed E-state index contributed by atoms with van der Waals surface area (Å²) >= 11 is 0. The van der Waals surface area contributed by atoms with E-state index in [-0.39, 0.29) is 0 Å². The molecule has 0 radical (unpaired) electrons. The van der Waals surface area contributed by atoms with Crippen molar-refractivity contribution in [1.29, 1.82) is 0 Å². The van der Waals surface area contributed by atoms with Gasteiger partial charge in [0.15, 0.2) is 0 Å². The number of nitrogens with zero attached hydrogens (tertiary/aromatic N) is 4. The van der Waals surface area contributed by atoms with E-state index in [9.17, 15) is 0 Å². The number of anilines is 1. The topological polar surface area (TPSA) is 41.5 Å². The Morgan fingerprint density at radius 2 is 1.90 bits per heavy atom. The molecular weight excluding hydrogens is 252 g/mol. The van der Waals surface area contributed by atoms with Gasteiger partial charge in [0.25, 0.3) is 0 Å². The smallest absolute Gasteiger partial charge is 0.132 e. The second kappa shape index (κ2) is 6.50. The van der Waals surface area contributed by atoms with Gasteiger partial charge < -0.3 is 9.64 Å². The Kier molecular flexibility index (Phi) is 4.94. The number of morpholine rings is 1. The van der Waals surface area contributed by atoms with Crippen LogP contribution >= 0.6 is 0 Å². The first-order chi connectivity index (χ1) is 9.44. The van der Waals surface area contributed by atoms with Crippen molar-refractivity contribution >= 4 is 5.82 Å². The van der Waals surface area contributed by atoms with Crippen LogP contribution in [0.3, 0.4) is 0 Å². The molecule has 1 aliphatic rings. The highest BCUT2D eigenvalue weighted by Gasteiger charge is 2.22. The molecular formula is C15H26N4O. The first kappa shape index (κ1) is 15.2. The summed E-state index contributed by atoms with van der Waals surface area (Å²) < 4.78 is 5.76. The van der Waals surface area contributed by atoms with Gasteiger partial charge >= 0.3 is 0 Å². The van der Waals surface area contributed by atoms with Gasteiger partial charge in [0.1, 0.15) is 11.6 Å². The molecule has 0 spiro atoms. The minimum Gasteiger partial charge on any atom is -0.373 e. The Bertz CT molecular complexity index is 421. The van der Waals surface area contributed by atoms with Crippen LogP contribution in [0.1, 0.15) is 25.4 Å². The Morgan fingerprint density at radius 3 is 2.50 bits per heavy atom. The van der Waals surface area contributed by atoms with Gasteiger partial charge in [0, 0.05) is 45.0 Å². The third-order valence-electron chi connectivity index (χ3n) is 3.59. The molecule has 0 bridgehead atoms. The van der Waals surface area contributed by atoms with E-state index < -0.39 is 0 Å². The van der Waals surface area contributed by atoms with Crippen LogP contribution in [-0.4, -0.2) is 60.3 Å². The molecule has 1 aromatic rings. The molecule has 0 aliphatic carbocycles. The van der Waals surface area contributed by atoms with Crippen molar-refractivity contribution in [1.82, 2.24) is 14.9 Å². The van der Waals surface area contributed by atoms with Crippen molar-refractivity contribution in [2.45, 2.75) is 39.9 Å². The maximum atomic E-state index is 5.76. The van der Waals surface area contributed by atoms with E-state index in [2.05, 4.69) is 40.7 Å². The molecule has 2 rings (SSSR count). The summed E-state index contributed by atoms with van der Waals surface area (Å²) in [5, 5.41) is 0. The zero-order chi connectivity index (χ0) is 14.7. The fraction of sp³-hybridized carbons (Fsp3) is 0.733. The van der Waals surface area contributed by atoms with Crippen molar-refractivity contribution < 1.29 is 4.74 Å². The van der Waals surface area contributed by atoms with Gasteiger partial charge in [-0.25, -0.2) is 9.97 Å². The number of hydrogen-bond acceptors (Lipinski definition) is 5. The summed E-state index contributed by atoms with van der Waals surface area (Å²) in [7, 11) is 2.09. The molecule has 0 N–H and O–H groups in total. The van der Waals surface area contributed by atoms with E-state index in [0.717, 1.165) is 43.5 Å². The molecule has 1 aromatic heterocycles. The molecule has 1 aliphatic heterocycles. The molecule has 2 atom stereocenters. The summed E-state index contributed by atoms with van der Waals surface area (Å²) in [6.45, 7) is 12.3. The molecule has 1 saturated heterocycles. The van der Waals surface area contributed by atoms with Crippen molar-refractivity contribution in [2.75, 3.05) is 38.1 Å². The zero-order valence-electron chi connectivity index (χ0n) is 13.3. The Balaban J connectivity index is 1.89. The molecule has 0 unspecified atom stereocenters. The summed E-state index contributed by atoms with van der Waals surface area (Å²) in [4.78, 5) is 13.5. The maximum absolute atomic E-state index is 5.76. The molecule has 5 nitrogen and oxygen atoms in total. The van der Waals surface area contributed by atoms with Crippen molar-refractivity contribution in [3.8, 4) is 0 Å². The number of likely N-dealkylation sites (N-methyl/N-ethyl adjacent to an activating group) is 1. The van der Waals surface area contributed by atoms with Crippen LogP contribution < -0.4 is 4.90 Å². The van der Waals surface area contributed by atoms with E-state index in [1.165, 1.54) is 0 Å². The predicted octanol–water partition coefficient (Wildman–Crippen LogP) is 1.64. The minimum absolute atomic E-state index is 0.326. The van der Waals surface area contributed by atoms with Gasteiger partial charge in [-0.05, 0) is 27.7 Å². The van der Waals surface area contributed by atoms with Crippen LogP contribution in [0, 0.1) is 13.8 Å². The summed E-state index contributed by atoms with van der Waals surface area (Å²) in [6, 6.07) is 2.04. The lowest BCUT2D eigenvalue weighted by Crippen LogP contribution is -2.47. The summed E-state index contributed by atoms with van der Waals surface area (Å²) in [6.07, 6.45) is 0.653. The zero-order valence-corrected chi connectivity index (χ0v) is 13.3. The largest absolute Gasteiger partial charge is 0.373 e. The number of hydrogen-bond donors (Lipinski definition) is 0. The average molecular weight is 278 g/mol. The van der Waals surface area contributed by atoms with Crippen LogP contribution in [0.2, 0.25) is 0 Å². The SMILES string of the molecule is Cc1cc(N(C)CCN2C[C@@H](C)O[C@@H](C)C2)nc(C)n1. The molecule has 2 heterocycles. The van der Waals surface area contributed by atoms with Gasteiger partial charge in [0.2, 0.25) is 0 Å². The molecule has 20 heavy (non-hydrogen) atoms. The number of ether oxygens (including phenoxy) is 1. The fourth-order valence-electron chi connectivity index (χ4n) is 2.77. The van der Waals surface area contributed by atoms with Crippen LogP contribution in [0.4, 0.5) is 5.82 Å². The van der Waals surface area contributed by atoms with E-state index in [1.807, 2.05) is 19.9 Å². The second-order valence-corrected chi connectivity index (χ2v) is 5.85. The first-order valence-electron chi connectivity index (χ1n) is 7.35. The highest BCUT2D eigenvalue weighted by atomic mass is 16.5. The third-order valence-corrected chi connectivity index (χ3v) is 3.59. The minimum atomic E-state index is 0.326. The molecule has 1 fully saturated rings. The third kappa shape index (κ3) is 4.15. The van der Waals surface area contributed by atoms with Crippen LogP contribution in [0.25, 0.3) is 0 Å². The van der Waals surface area contributed by atoms with Gasteiger partial charge in [-0.1, -0.05) is 0 Å². The lowest BCUT2D eigenvalue weighted by atomic mass is 10.2. The first-order valence-corrected chi connectivity index (χ1v) is 7.35. The lowest BCUT2D eigenvalue weighted by Gasteiger charge is -2.36. The van der Waals surface area contributed by atoms with Gasteiger partial charge in [-0.15, -0.1) is 0 Å². The summed E-state index contributed by atoms with van der Waals surface area (Å²) in [5.41, 5.74) is 1.02. The molecule has 0 aromatic carbocycles. The van der Waals surface area contributed by atoms with E-state index >= 15 is 0 Å². The van der Waals surface area contributed by atoms with Crippen molar-refractivity contribution in [3.05, 3.63) is 17.6 Å². The fourth-order valence-corrected chi connectivity index (χ4v) is 2.77. The van der Waals surface area contributed by atoms with Gasteiger partial charge in [-0.2, -0.15) is 0 Å². The number of aromatic nitrogens is 2. The quantitative estimate of drug-likeness (QED) is 0.837. The molecule has 112 valence electrons. The standard InChI is InChI=1S/C15H26N4O/c1-11-8-15(17-14(4)16-11)18(5)6-7-19-9-12(2)20-13(3)10-19/h8,12-13H,6-7,9-10H2,1-5H3/t12-,13+. The Morgan fingerprint density at radius 1 is 1.25 bits per heavy atom. The van der Waals surface area contributed by atoms with E-state index in [4.69, 9.17) is 4.74 Å². The van der Waals surface area contributed by atoms with E-state index in [0.29, 0.717) is 12.2 Å². The molecule has 0 amide bonds. The van der Waals surface area contributed by atoms with Gasteiger partial charge in [0.05, 0.1) is 12.2 Å². The van der Waals surface area contributed by atoms with Crippen molar-refractivity contribution in [3.63, 3.8) is 0 Å². The predicted molar refractivity (Wildman–Crippen MR) is 81.2 cm³/mol. The lowest BCUT2D eigenvalue weighted by molar-refractivity contribution is -0.0670. The maximum Gasteiger partial charge on any atom is 0.132 e. The van der Waals surface area contributed by atoms with E-state index in [1.54, 1.807) is 0 Å². The average Bonchev–Trinajstić information content (AvgIpc) is 2.33. The van der Waals surface area contributed by atoms with Crippen LogP contribution in [-0.2, 0) is 4.74 Å². The normalized spacial score (nSPS) is 23.9. The molecule has 5 heteroatoms. The second-order valence-electron chi connectivity index (χ2n) is 5.85. The van der Waals surface area contributed by atoms with Crippen LogP contribution in [0.15, 0.2) is 6.07 Å². The monoisotopic (exact) mass is 278 g/mol. The summed E-state index contributed by atoms with van der Waals surface area (Å²) in [5.74, 6) is 1.84. The van der Waals surface area contributed by atoms with Gasteiger partial charge in [-0.3, -0.25) is 4.90 Å². The number of rotatable bonds is 4. The molecule has 0 saturated carbocycles. The highest BCUT2D eigenvalue weighted by molar-refractivity contribution is 5.38. The van der Waals surface area contributed by atoms with Crippen molar-refractivity contribution in [2.24, 2.45) is 0 Å². The highest BCUT2D eigenvalue weighted by Crippen LogP contribution is 2.13. The Hall–Kier alpha value is -1.20. The Labute approximate surface area is 122 Å².